The second kappa shape index (κ2) is 7.25. The van der Waals surface area contributed by atoms with Gasteiger partial charge in [-0.3, -0.25) is 0 Å². The van der Waals surface area contributed by atoms with E-state index in [0.717, 1.165) is 51.7 Å². The number of hydrogen-bond acceptors (Lipinski definition) is 3. The van der Waals surface area contributed by atoms with E-state index in [1.807, 2.05) is 0 Å². The highest BCUT2D eigenvalue weighted by Crippen LogP contribution is 2.26. The molecule has 1 heterocycles. The zero-order valence-corrected chi connectivity index (χ0v) is 13.1. The fourth-order valence-electron chi connectivity index (χ4n) is 3.12. The molecule has 2 rings (SSSR count). The first-order chi connectivity index (χ1) is 9.14. The van der Waals surface area contributed by atoms with E-state index in [0.29, 0.717) is 19.0 Å². The lowest BCUT2D eigenvalue weighted by Crippen LogP contribution is -2.41. The third-order valence-corrected chi connectivity index (χ3v) is 6.85. The van der Waals surface area contributed by atoms with Crippen LogP contribution in [0.2, 0.25) is 0 Å². The zero-order valence-electron chi connectivity index (χ0n) is 11.6. The van der Waals surface area contributed by atoms with Crippen LogP contribution in [0.25, 0.3) is 0 Å². The Balaban J connectivity index is 1.96. The molecule has 1 aliphatic heterocycles. The van der Waals surface area contributed by atoms with E-state index in [2.05, 4.69) is 4.90 Å². The number of halogens is 1. The third-order valence-electron chi connectivity index (χ3n) is 4.28. The van der Waals surface area contributed by atoms with Crippen LogP contribution in [0.5, 0.6) is 0 Å². The number of hydrogen-bond donors (Lipinski definition) is 0. The summed E-state index contributed by atoms with van der Waals surface area (Å²) in [5.74, 6) is 0.620. The smallest absolute Gasteiger partial charge is 0.217 e. The first-order valence-electron chi connectivity index (χ1n) is 7.42. The van der Waals surface area contributed by atoms with Gasteiger partial charge in [0.05, 0.1) is 5.25 Å². The normalized spacial score (nSPS) is 25.3. The Labute approximate surface area is 122 Å². The summed E-state index contributed by atoms with van der Waals surface area (Å²) in [6, 6.07) is 0. The van der Waals surface area contributed by atoms with E-state index in [1.54, 1.807) is 4.31 Å². The molecule has 6 heteroatoms. The van der Waals surface area contributed by atoms with E-state index >= 15 is 0 Å². The summed E-state index contributed by atoms with van der Waals surface area (Å²) in [5, 5.41) is -0.124. The molecule has 0 N–H and O–H groups in total. The first-order valence-corrected chi connectivity index (χ1v) is 9.45. The maximum atomic E-state index is 12.6. The summed E-state index contributed by atoms with van der Waals surface area (Å²) >= 11 is 5.76. The van der Waals surface area contributed by atoms with Crippen molar-refractivity contribution in [1.82, 2.24) is 9.21 Å². The molecular weight excluding hydrogens is 284 g/mol. The zero-order chi connectivity index (χ0) is 13.7. The molecule has 0 amide bonds. The van der Waals surface area contributed by atoms with Gasteiger partial charge in [-0.15, -0.1) is 11.6 Å². The average molecular weight is 309 g/mol. The van der Waals surface area contributed by atoms with Gasteiger partial charge in [-0.1, -0.05) is 19.3 Å². The molecule has 1 saturated heterocycles. The summed E-state index contributed by atoms with van der Waals surface area (Å²) in [6.45, 7) is 3.95. The van der Waals surface area contributed by atoms with Crippen LogP contribution in [0.1, 0.15) is 38.5 Å². The van der Waals surface area contributed by atoms with Gasteiger partial charge in [0.15, 0.2) is 0 Å². The van der Waals surface area contributed by atoms with E-state index in [1.165, 1.54) is 6.42 Å². The molecule has 1 saturated carbocycles. The quantitative estimate of drug-likeness (QED) is 0.745. The fourth-order valence-corrected chi connectivity index (χ4v) is 5.43. The minimum absolute atomic E-state index is 0.124. The Morgan fingerprint density at radius 1 is 0.947 bits per heavy atom. The number of rotatable bonds is 4. The van der Waals surface area contributed by atoms with Gasteiger partial charge < -0.3 is 4.90 Å². The van der Waals surface area contributed by atoms with Crippen LogP contribution in [0.3, 0.4) is 0 Å². The molecule has 0 spiro atoms. The lowest BCUT2D eigenvalue weighted by molar-refractivity contribution is 0.302. The molecule has 2 aliphatic rings. The number of nitrogens with zero attached hydrogens (tertiary/aromatic N) is 2. The summed E-state index contributed by atoms with van der Waals surface area (Å²) in [5.41, 5.74) is 0. The van der Waals surface area contributed by atoms with Crippen LogP contribution in [0, 0.1) is 0 Å². The predicted molar refractivity (Wildman–Crippen MR) is 79.1 cm³/mol. The highest BCUT2D eigenvalue weighted by Gasteiger charge is 2.33. The Morgan fingerprint density at radius 2 is 1.68 bits per heavy atom. The lowest BCUT2D eigenvalue weighted by atomic mass is 10.0. The van der Waals surface area contributed by atoms with Gasteiger partial charge in [0.25, 0.3) is 0 Å². The first kappa shape index (κ1) is 15.5. The van der Waals surface area contributed by atoms with Gasteiger partial charge in [0.1, 0.15) is 0 Å². The van der Waals surface area contributed by atoms with Crippen molar-refractivity contribution < 1.29 is 8.42 Å². The third kappa shape index (κ3) is 4.06. The van der Waals surface area contributed by atoms with Crippen LogP contribution in [-0.2, 0) is 10.0 Å². The Morgan fingerprint density at radius 3 is 2.37 bits per heavy atom. The molecule has 1 aliphatic carbocycles. The molecule has 0 unspecified atom stereocenters. The van der Waals surface area contributed by atoms with Crippen molar-refractivity contribution >= 4 is 21.6 Å². The van der Waals surface area contributed by atoms with Crippen LogP contribution in [0.4, 0.5) is 0 Å². The molecule has 0 aromatic heterocycles. The molecule has 0 radical (unpaired) electrons. The highest BCUT2D eigenvalue weighted by molar-refractivity contribution is 7.89. The molecule has 0 bridgehead atoms. The van der Waals surface area contributed by atoms with Crippen LogP contribution in [-0.4, -0.2) is 61.5 Å². The van der Waals surface area contributed by atoms with Crippen LogP contribution < -0.4 is 0 Å². The monoisotopic (exact) mass is 308 g/mol. The van der Waals surface area contributed by atoms with Crippen molar-refractivity contribution in [2.75, 3.05) is 38.6 Å². The molecule has 19 heavy (non-hydrogen) atoms. The van der Waals surface area contributed by atoms with Gasteiger partial charge in [-0.2, -0.15) is 0 Å². The Kier molecular flexibility index (Phi) is 5.93. The largest absolute Gasteiger partial charge is 0.301 e. The summed E-state index contributed by atoms with van der Waals surface area (Å²) in [6.07, 6.45) is 5.94. The SMILES string of the molecule is O=S(=O)(C1CCCCC1)N1CCCN(CCCl)CC1. The molecular formula is C13H25ClN2O2S. The van der Waals surface area contributed by atoms with Crippen LogP contribution >= 0.6 is 11.6 Å². The van der Waals surface area contributed by atoms with E-state index in [-0.39, 0.29) is 5.25 Å². The van der Waals surface area contributed by atoms with Gasteiger partial charge in [0.2, 0.25) is 10.0 Å². The lowest BCUT2D eigenvalue weighted by Gasteiger charge is -2.28. The highest BCUT2D eigenvalue weighted by atomic mass is 35.5. The molecule has 0 aromatic carbocycles. The van der Waals surface area contributed by atoms with Gasteiger partial charge in [-0.05, 0) is 25.8 Å². The molecule has 0 aromatic rings. The van der Waals surface area contributed by atoms with Crippen molar-refractivity contribution in [2.24, 2.45) is 0 Å². The van der Waals surface area contributed by atoms with E-state index < -0.39 is 10.0 Å². The molecule has 0 atom stereocenters. The summed E-state index contributed by atoms with van der Waals surface area (Å²) in [4.78, 5) is 2.27. The Bertz CT molecular complexity index is 369. The minimum atomic E-state index is -3.07. The summed E-state index contributed by atoms with van der Waals surface area (Å²) in [7, 11) is -3.07. The van der Waals surface area contributed by atoms with E-state index in [9.17, 15) is 8.42 Å². The second-order valence-electron chi connectivity index (χ2n) is 5.59. The molecule has 4 nitrogen and oxygen atoms in total. The second-order valence-corrected chi connectivity index (χ2v) is 8.18. The maximum absolute atomic E-state index is 12.6. The Hall–Kier alpha value is 0.160. The molecule has 2 fully saturated rings. The molecule has 112 valence electrons. The van der Waals surface area contributed by atoms with Crippen molar-refractivity contribution in [2.45, 2.75) is 43.8 Å². The number of sulfonamides is 1. The van der Waals surface area contributed by atoms with Gasteiger partial charge >= 0.3 is 0 Å². The fraction of sp³-hybridized carbons (Fsp3) is 1.00. The van der Waals surface area contributed by atoms with Gasteiger partial charge in [-0.25, -0.2) is 12.7 Å². The van der Waals surface area contributed by atoms with Crippen LogP contribution in [0.15, 0.2) is 0 Å². The predicted octanol–water partition coefficient (Wildman–Crippen LogP) is 1.90. The van der Waals surface area contributed by atoms with Crippen molar-refractivity contribution in [1.29, 1.82) is 0 Å². The standard InChI is InChI=1S/C13H25ClN2O2S/c14-7-10-15-8-4-9-16(12-11-15)19(17,18)13-5-2-1-3-6-13/h13H,1-12H2. The number of alkyl halides is 1. The van der Waals surface area contributed by atoms with Gasteiger partial charge in [0, 0.05) is 32.1 Å². The van der Waals surface area contributed by atoms with Crippen molar-refractivity contribution in [3.63, 3.8) is 0 Å². The maximum Gasteiger partial charge on any atom is 0.217 e. The summed E-state index contributed by atoms with van der Waals surface area (Å²) < 4.78 is 27.0. The average Bonchev–Trinajstić information content (AvgIpc) is 2.66. The van der Waals surface area contributed by atoms with Crippen molar-refractivity contribution in [3.8, 4) is 0 Å². The van der Waals surface area contributed by atoms with Crippen molar-refractivity contribution in [3.05, 3.63) is 0 Å². The topological polar surface area (TPSA) is 40.6 Å². The minimum Gasteiger partial charge on any atom is -0.301 e. The van der Waals surface area contributed by atoms with E-state index in [4.69, 9.17) is 11.6 Å².